The van der Waals surface area contributed by atoms with Crippen LogP contribution in [0.5, 0.6) is 0 Å². The topological polar surface area (TPSA) is 46.4 Å². The summed E-state index contributed by atoms with van der Waals surface area (Å²) in [4.78, 5) is 16.4. The fraction of sp³-hybridized carbons (Fsp3) is 0.412. The van der Waals surface area contributed by atoms with Crippen molar-refractivity contribution in [3.8, 4) is 0 Å². The molecule has 0 aliphatic heterocycles. The number of nitrogens with one attached hydrogen (secondary N) is 1. The maximum atomic E-state index is 12.1. The molecule has 1 fully saturated rings. The largest absolute Gasteiger partial charge is 0.350 e. The summed E-state index contributed by atoms with van der Waals surface area (Å²) in [6.07, 6.45) is 9.87. The molecule has 0 spiro atoms. The van der Waals surface area contributed by atoms with Gasteiger partial charge < -0.3 is 5.32 Å². The van der Waals surface area contributed by atoms with Crippen molar-refractivity contribution < 1.29 is 4.79 Å². The van der Waals surface area contributed by atoms with Gasteiger partial charge in [0.1, 0.15) is 5.65 Å². The molecule has 116 valence electrons. The van der Waals surface area contributed by atoms with Gasteiger partial charge in [0.25, 0.3) is 0 Å². The highest BCUT2D eigenvalue weighted by Gasteiger charge is 2.21. The standard InChI is InChI=1S/C17H20ClN3O/c1-12-6-2-3-7-13(12)19-16(22)10-9-14-17(18)20-15-8-4-5-11-21(14)15/h4-5,8-13H,2-3,6-7H2,1H3,(H,19,22)/b10-9+/t12-,13-/m0/s1. The van der Waals surface area contributed by atoms with Gasteiger partial charge >= 0.3 is 0 Å². The van der Waals surface area contributed by atoms with Crippen LogP contribution in [0.2, 0.25) is 5.15 Å². The Morgan fingerprint density at radius 3 is 3.05 bits per heavy atom. The van der Waals surface area contributed by atoms with Crippen molar-refractivity contribution in [3.63, 3.8) is 0 Å². The van der Waals surface area contributed by atoms with Crippen molar-refractivity contribution >= 4 is 29.2 Å². The van der Waals surface area contributed by atoms with Crippen LogP contribution in [0.4, 0.5) is 0 Å². The van der Waals surface area contributed by atoms with Crippen LogP contribution in [0.3, 0.4) is 0 Å². The van der Waals surface area contributed by atoms with Gasteiger partial charge in [0.2, 0.25) is 5.91 Å². The summed E-state index contributed by atoms with van der Waals surface area (Å²) < 4.78 is 1.87. The molecule has 0 aromatic carbocycles. The van der Waals surface area contributed by atoms with Gasteiger partial charge in [0.05, 0.1) is 5.69 Å². The molecule has 2 aromatic rings. The van der Waals surface area contributed by atoms with Crippen molar-refractivity contribution in [2.24, 2.45) is 5.92 Å². The lowest BCUT2D eigenvalue weighted by Gasteiger charge is -2.29. The van der Waals surface area contributed by atoms with E-state index in [1.807, 2.05) is 28.8 Å². The number of hydrogen-bond donors (Lipinski definition) is 1. The van der Waals surface area contributed by atoms with Crippen LogP contribution < -0.4 is 5.32 Å². The Kier molecular flexibility index (Phi) is 4.48. The van der Waals surface area contributed by atoms with E-state index in [1.165, 1.54) is 19.3 Å². The van der Waals surface area contributed by atoms with E-state index in [4.69, 9.17) is 11.6 Å². The number of hydrogen-bond acceptors (Lipinski definition) is 2. The normalized spacial score (nSPS) is 22.3. The molecule has 4 nitrogen and oxygen atoms in total. The van der Waals surface area contributed by atoms with E-state index in [1.54, 1.807) is 12.2 Å². The summed E-state index contributed by atoms with van der Waals surface area (Å²) in [5.74, 6) is 0.478. The first-order valence-corrected chi connectivity index (χ1v) is 8.14. The number of carbonyl (C=O) groups excluding carboxylic acids is 1. The van der Waals surface area contributed by atoms with E-state index < -0.39 is 0 Å². The zero-order chi connectivity index (χ0) is 15.5. The highest BCUT2D eigenvalue weighted by atomic mass is 35.5. The average molecular weight is 318 g/mol. The molecule has 1 aliphatic carbocycles. The van der Waals surface area contributed by atoms with E-state index in [9.17, 15) is 4.79 Å². The number of aromatic nitrogens is 2. The van der Waals surface area contributed by atoms with Crippen LogP contribution in [0, 0.1) is 5.92 Å². The number of nitrogens with zero attached hydrogens (tertiary/aromatic N) is 2. The van der Waals surface area contributed by atoms with Gasteiger partial charge in [-0.15, -0.1) is 0 Å². The minimum absolute atomic E-state index is 0.0688. The van der Waals surface area contributed by atoms with E-state index in [-0.39, 0.29) is 11.9 Å². The second-order valence-corrected chi connectivity index (χ2v) is 6.28. The van der Waals surface area contributed by atoms with Crippen molar-refractivity contribution in [2.75, 3.05) is 0 Å². The van der Waals surface area contributed by atoms with Crippen LogP contribution in [0.1, 0.15) is 38.3 Å². The van der Waals surface area contributed by atoms with Crippen molar-refractivity contribution in [2.45, 2.75) is 38.6 Å². The molecule has 2 heterocycles. The minimum Gasteiger partial charge on any atom is -0.350 e. The highest BCUT2D eigenvalue weighted by Crippen LogP contribution is 2.24. The monoisotopic (exact) mass is 317 g/mol. The van der Waals surface area contributed by atoms with Gasteiger partial charge in [-0.05, 0) is 37.0 Å². The van der Waals surface area contributed by atoms with Crippen LogP contribution >= 0.6 is 11.6 Å². The SMILES string of the molecule is C[C@H]1CCCC[C@@H]1NC(=O)/C=C/c1c(Cl)nc2ccccn12. The van der Waals surface area contributed by atoms with Gasteiger partial charge in [-0.1, -0.05) is 37.4 Å². The Morgan fingerprint density at radius 2 is 2.23 bits per heavy atom. The average Bonchev–Trinajstić information content (AvgIpc) is 2.83. The predicted octanol–water partition coefficient (Wildman–Crippen LogP) is 3.70. The zero-order valence-corrected chi connectivity index (χ0v) is 13.4. The fourth-order valence-corrected chi connectivity index (χ4v) is 3.29. The molecule has 1 amide bonds. The molecule has 3 rings (SSSR count). The molecule has 1 saturated carbocycles. The Labute approximate surface area is 135 Å². The van der Waals surface area contributed by atoms with E-state index >= 15 is 0 Å². The molecule has 1 aliphatic rings. The molecule has 22 heavy (non-hydrogen) atoms. The number of halogens is 1. The van der Waals surface area contributed by atoms with Crippen LogP contribution in [-0.2, 0) is 4.79 Å². The zero-order valence-electron chi connectivity index (χ0n) is 12.6. The fourth-order valence-electron chi connectivity index (χ4n) is 3.05. The molecule has 0 radical (unpaired) electrons. The number of carbonyl (C=O) groups is 1. The van der Waals surface area contributed by atoms with Crippen molar-refractivity contribution in [1.82, 2.24) is 14.7 Å². The maximum Gasteiger partial charge on any atom is 0.244 e. The van der Waals surface area contributed by atoms with Crippen LogP contribution in [0.15, 0.2) is 30.5 Å². The molecule has 0 bridgehead atoms. The number of amides is 1. The molecule has 2 aromatic heterocycles. The Balaban J connectivity index is 1.72. The second-order valence-electron chi connectivity index (χ2n) is 5.93. The molecule has 5 heteroatoms. The third kappa shape index (κ3) is 3.17. The summed E-state index contributed by atoms with van der Waals surface area (Å²) in [5, 5.41) is 3.50. The molecule has 1 N–H and O–H groups in total. The summed E-state index contributed by atoms with van der Waals surface area (Å²) >= 11 is 6.15. The van der Waals surface area contributed by atoms with Gasteiger partial charge in [-0.3, -0.25) is 9.20 Å². The third-order valence-electron chi connectivity index (χ3n) is 4.35. The van der Waals surface area contributed by atoms with Crippen molar-refractivity contribution in [1.29, 1.82) is 0 Å². The summed E-state index contributed by atoms with van der Waals surface area (Å²) in [7, 11) is 0. The van der Waals surface area contributed by atoms with Gasteiger partial charge in [-0.2, -0.15) is 0 Å². The lowest BCUT2D eigenvalue weighted by atomic mass is 9.86. The number of fused-ring (bicyclic) bond motifs is 1. The third-order valence-corrected chi connectivity index (χ3v) is 4.63. The Hall–Kier alpha value is -1.81. The predicted molar refractivity (Wildman–Crippen MR) is 88.8 cm³/mol. The van der Waals surface area contributed by atoms with Crippen molar-refractivity contribution in [3.05, 3.63) is 41.3 Å². The smallest absolute Gasteiger partial charge is 0.244 e. The summed E-state index contributed by atoms with van der Waals surface area (Å²) in [5.41, 5.74) is 1.50. The van der Waals surface area contributed by atoms with Crippen LogP contribution in [0.25, 0.3) is 11.7 Å². The first-order chi connectivity index (χ1) is 10.6. The molecule has 0 saturated heterocycles. The number of pyridine rings is 1. The lowest BCUT2D eigenvalue weighted by molar-refractivity contribution is -0.117. The summed E-state index contributed by atoms with van der Waals surface area (Å²) in [6, 6.07) is 5.98. The number of imidazole rings is 1. The lowest BCUT2D eigenvalue weighted by Crippen LogP contribution is -2.40. The van der Waals surface area contributed by atoms with E-state index in [2.05, 4.69) is 17.2 Å². The first kappa shape index (κ1) is 15.1. The molecule has 2 atom stereocenters. The highest BCUT2D eigenvalue weighted by molar-refractivity contribution is 6.31. The molecular weight excluding hydrogens is 298 g/mol. The Morgan fingerprint density at radius 1 is 1.41 bits per heavy atom. The maximum absolute atomic E-state index is 12.1. The minimum atomic E-state index is -0.0688. The Bertz CT molecular complexity index is 707. The van der Waals surface area contributed by atoms with E-state index in [0.29, 0.717) is 11.1 Å². The first-order valence-electron chi connectivity index (χ1n) is 7.76. The molecular formula is C17H20ClN3O. The van der Waals surface area contributed by atoms with E-state index in [0.717, 1.165) is 17.8 Å². The summed E-state index contributed by atoms with van der Waals surface area (Å²) in [6.45, 7) is 2.20. The number of rotatable bonds is 3. The molecule has 0 unspecified atom stereocenters. The van der Waals surface area contributed by atoms with Gasteiger partial charge in [0.15, 0.2) is 5.15 Å². The van der Waals surface area contributed by atoms with Gasteiger partial charge in [0, 0.05) is 18.3 Å². The second kappa shape index (κ2) is 6.53. The van der Waals surface area contributed by atoms with Gasteiger partial charge in [-0.25, -0.2) is 4.98 Å². The quantitative estimate of drug-likeness (QED) is 0.877. The van der Waals surface area contributed by atoms with Crippen LogP contribution in [-0.4, -0.2) is 21.3 Å².